The first kappa shape index (κ1) is 8.23. The Morgan fingerprint density at radius 3 is 3.00 bits per heavy atom. The van der Waals surface area contributed by atoms with Crippen molar-refractivity contribution in [2.75, 3.05) is 11.9 Å². The van der Waals surface area contributed by atoms with Gasteiger partial charge in [-0.1, -0.05) is 12.1 Å². The first-order valence-electron chi connectivity index (χ1n) is 4.59. The van der Waals surface area contributed by atoms with E-state index in [2.05, 4.69) is 40.7 Å². The average molecular weight is 175 g/mol. The molecule has 0 fully saturated rings. The largest absolute Gasteiger partial charge is 0.385 e. The molecule has 0 atom stereocenters. The topological polar surface area (TPSA) is 36.8 Å². The van der Waals surface area contributed by atoms with Crippen LogP contribution in [0.1, 0.15) is 18.1 Å². The summed E-state index contributed by atoms with van der Waals surface area (Å²) in [5, 5.41) is 11.4. The highest BCUT2D eigenvalue weighted by molar-refractivity contribution is 5.55. The molecule has 0 radical (unpaired) electrons. The van der Waals surface area contributed by atoms with Crippen LogP contribution in [-0.4, -0.2) is 6.54 Å². The Kier molecular flexibility index (Phi) is 2.25. The Morgan fingerprint density at radius 1 is 1.31 bits per heavy atom. The van der Waals surface area contributed by atoms with Gasteiger partial charge in [0.15, 0.2) is 0 Å². The third-order valence-electron chi connectivity index (χ3n) is 2.21. The highest BCUT2D eigenvalue weighted by Crippen LogP contribution is 2.24. The lowest BCUT2D eigenvalue weighted by Gasteiger charge is -2.14. The molecule has 1 aliphatic rings. The maximum absolute atomic E-state index is 4.05. The van der Waals surface area contributed by atoms with Gasteiger partial charge in [-0.3, -0.25) is 0 Å². The van der Waals surface area contributed by atoms with Crippen LogP contribution in [0.3, 0.4) is 0 Å². The summed E-state index contributed by atoms with van der Waals surface area (Å²) in [4.78, 5) is 0. The van der Waals surface area contributed by atoms with Gasteiger partial charge in [0.2, 0.25) is 0 Å². The van der Waals surface area contributed by atoms with E-state index >= 15 is 0 Å². The lowest BCUT2D eigenvalue weighted by atomic mass is 10.0. The van der Waals surface area contributed by atoms with Gasteiger partial charge in [-0.2, -0.15) is 10.2 Å². The average Bonchev–Trinajstić information content (AvgIpc) is 2.19. The maximum Gasteiger partial charge on any atom is 0.0872 e. The van der Waals surface area contributed by atoms with Gasteiger partial charge in [-0.05, 0) is 18.6 Å². The summed E-state index contributed by atoms with van der Waals surface area (Å²) in [6, 6.07) is 6.29. The minimum atomic E-state index is 0.721. The number of hydrogen-bond donors (Lipinski definition) is 1. The second-order valence-electron chi connectivity index (χ2n) is 3.07. The summed E-state index contributed by atoms with van der Waals surface area (Å²) < 4.78 is 0. The molecule has 0 spiro atoms. The molecule has 0 amide bonds. The van der Waals surface area contributed by atoms with E-state index in [1.54, 1.807) is 0 Å². The number of azo groups is 1. The quantitative estimate of drug-likeness (QED) is 0.736. The van der Waals surface area contributed by atoms with E-state index in [4.69, 9.17) is 0 Å². The van der Waals surface area contributed by atoms with Gasteiger partial charge in [0.25, 0.3) is 0 Å². The number of anilines is 1. The van der Waals surface area contributed by atoms with Crippen molar-refractivity contribution >= 4 is 5.69 Å². The van der Waals surface area contributed by atoms with E-state index in [1.807, 2.05) is 0 Å². The molecular formula is C10H13N3. The highest BCUT2D eigenvalue weighted by atomic mass is 15.1. The molecule has 0 aromatic heterocycles. The molecule has 13 heavy (non-hydrogen) atoms. The number of rotatable bonds is 2. The van der Waals surface area contributed by atoms with Crippen molar-refractivity contribution in [3.8, 4) is 0 Å². The SMILES string of the molecule is CCNc1cccc2c1CN=NC2. The second kappa shape index (κ2) is 3.56. The summed E-state index contributed by atoms with van der Waals surface area (Å²) in [5.74, 6) is 0. The summed E-state index contributed by atoms with van der Waals surface area (Å²) in [6.45, 7) is 4.50. The highest BCUT2D eigenvalue weighted by Gasteiger charge is 2.09. The molecule has 0 saturated heterocycles. The molecule has 1 N–H and O–H groups in total. The van der Waals surface area contributed by atoms with E-state index < -0.39 is 0 Å². The Morgan fingerprint density at radius 2 is 2.15 bits per heavy atom. The Labute approximate surface area is 77.9 Å². The van der Waals surface area contributed by atoms with E-state index in [9.17, 15) is 0 Å². The van der Waals surface area contributed by atoms with Gasteiger partial charge in [-0.15, -0.1) is 0 Å². The number of nitrogens with one attached hydrogen (secondary N) is 1. The van der Waals surface area contributed by atoms with Crippen LogP contribution < -0.4 is 5.32 Å². The van der Waals surface area contributed by atoms with Crippen LogP contribution in [-0.2, 0) is 13.1 Å². The smallest absolute Gasteiger partial charge is 0.0872 e. The molecule has 3 heteroatoms. The van der Waals surface area contributed by atoms with Crippen molar-refractivity contribution in [1.29, 1.82) is 0 Å². The molecule has 3 nitrogen and oxygen atoms in total. The van der Waals surface area contributed by atoms with Crippen molar-refractivity contribution in [3.05, 3.63) is 29.3 Å². The fourth-order valence-corrected chi connectivity index (χ4v) is 1.57. The van der Waals surface area contributed by atoms with Gasteiger partial charge in [0.1, 0.15) is 0 Å². The fraction of sp³-hybridized carbons (Fsp3) is 0.400. The third-order valence-corrected chi connectivity index (χ3v) is 2.21. The van der Waals surface area contributed by atoms with Crippen LogP contribution in [0, 0.1) is 0 Å². The van der Waals surface area contributed by atoms with Crippen LogP contribution in [0.5, 0.6) is 0 Å². The Balaban J connectivity index is 2.37. The molecule has 0 bridgehead atoms. The van der Waals surface area contributed by atoms with Crippen molar-refractivity contribution < 1.29 is 0 Å². The van der Waals surface area contributed by atoms with E-state index in [1.165, 1.54) is 16.8 Å². The lowest BCUT2D eigenvalue weighted by molar-refractivity contribution is 0.790. The normalized spacial score (nSPS) is 13.9. The Hall–Kier alpha value is -1.38. The van der Waals surface area contributed by atoms with E-state index in [0.29, 0.717) is 0 Å². The first-order valence-corrected chi connectivity index (χ1v) is 4.59. The zero-order valence-electron chi connectivity index (χ0n) is 7.75. The van der Waals surface area contributed by atoms with Crippen LogP contribution in [0.2, 0.25) is 0 Å². The fourth-order valence-electron chi connectivity index (χ4n) is 1.57. The molecule has 2 rings (SSSR count). The summed E-state index contributed by atoms with van der Waals surface area (Å²) >= 11 is 0. The minimum Gasteiger partial charge on any atom is -0.385 e. The van der Waals surface area contributed by atoms with Crippen molar-refractivity contribution in [2.45, 2.75) is 20.0 Å². The maximum atomic E-state index is 4.05. The van der Waals surface area contributed by atoms with Crippen LogP contribution in [0.25, 0.3) is 0 Å². The van der Waals surface area contributed by atoms with Crippen molar-refractivity contribution in [2.24, 2.45) is 10.2 Å². The molecule has 0 unspecified atom stereocenters. The molecule has 1 heterocycles. The zero-order chi connectivity index (χ0) is 9.10. The van der Waals surface area contributed by atoms with Crippen molar-refractivity contribution in [1.82, 2.24) is 0 Å². The molecule has 0 aliphatic carbocycles. The lowest BCUT2D eigenvalue weighted by Crippen LogP contribution is -2.05. The Bertz CT molecular complexity index is 331. The minimum absolute atomic E-state index is 0.721. The van der Waals surface area contributed by atoms with Gasteiger partial charge < -0.3 is 5.32 Å². The molecule has 1 aromatic rings. The van der Waals surface area contributed by atoms with Crippen LogP contribution in [0.15, 0.2) is 28.4 Å². The van der Waals surface area contributed by atoms with Crippen molar-refractivity contribution in [3.63, 3.8) is 0 Å². The monoisotopic (exact) mass is 175 g/mol. The number of hydrogen-bond acceptors (Lipinski definition) is 3. The van der Waals surface area contributed by atoms with Crippen LogP contribution >= 0.6 is 0 Å². The van der Waals surface area contributed by atoms with Gasteiger partial charge in [0.05, 0.1) is 13.1 Å². The molecular weight excluding hydrogens is 162 g/mol. The summed E-state index contributed by atoms with van der Waals surface area (Å²) in [5.41, 5.74) is 3.81. The molecule has 1 aromatic carbocycles. The van der Waals surface area contributed by atoms with E-state index in [-0.39, 0.29) is 0 Å². The first-order chi connectivity index (χ1) is 6.42. The van der Waals surface area contributed by atoms with Gasteiger partial charge in [-0.25, -0.2) is 0 Å². The predicted molar refractivity (Wildman–Crippen MR) is 52.9 cm³/mol. The number of fused-ring (bicyclic) bond motifs is 1. The standard InChI is InChI=1S/C10H13N3/c1-2-11-10-5-3-4-8-6-12-13-7-9(8)10/h3-5,11H,2,6-7H2,1H3. The number of benzene rings is 1. The zero-order valence-corrected chi connectivity index (χ0v) is 7.75. The van der Waals surface area contributed by atoms with E-state index in [0.717, 1.165) is 19.6 Å². The summed E-state index contributed by atoms with van der Waals surface area (Å²) in [7, 11) is 0. The number of nitrogens with zero attached hydrogens (tertiary/aromatic N) is 2. The molecule has 68 valence electrons. The molecule has 0 saturated carbocycles. The van der Waals surface area contributed by atoms with Gasteiger partial charge >= 0.3 is 0 Å². The molecule has 1 aliphatic heterocycles. The summed E-state index contributed by atoms with van der Waals surface area (Å²) in [6.07, 6.45) is 0. The van der Waals surface area contributed by atoms with Gasteiger partial charge in [0, 0.05) is 17.8 Å². The van der Waals surface area contributed by atoms with Crippen LogP contribution in [0.4, 0.5) is 5.69 Å². The third kappa shape index (κ3) is 1.54. The second-order valence-corrected chi connectivity index (χ2v) is 3.07. The predicted octanol–water partition coefficient (Wildman–Crippen LogP) is 2.58.